The Morgan fingerprint density at radius 3 is 2.39 bits per heavy atom. The molecule has 0 heterocycles. The highest BCUT2D eigenvalue weighted by Crippen LogP contribution is 2.41. The summed E-state index contributed by atoms with van der Waals surface area (Å²) in [6.45, 7) is 0.885. The van der Waals surface area contributed by atoms with E-state index in [2.05, 4.69) is 5.32 Å². The van der Waals surface area contributed by atoms with Gasteiger partial charge in [0.2, 0.25) is 5.91 Å². The maximum Gasteiger partial charge on any atom is 0.319 e. The molecule has 0 aromatic carbocycles. The number of hydrogen-bond donors (Lipinski definition) is 2. The lowest BCUT2D eigenvalue weighted by Gasteiger charge is -2.35. The van der Waals surface area contributed by atoms with Crippen molar-refractivity contribution in [1.82, 2.24) is 5.32 Å². The number of ether oxygens (including phenoxy) is 1. The molecule has 2 N–H and O–H groups in total. The van der Waals surface area contributed by atoms with Crippen LogP contribution in [0.2, 0.25) is 0 Å². The van der Waals surface area contributed by atoms with E-state index < -0.39 is 11.4 Å². The Kier molecular flexibility index (Phi) is 4.22. The Balaban J connectivity index is 1.66. The minimum Gasteiger partial charge on any atom is -0.480 e. The van der Waals surface area contributed by atoms with Crippen LogP contribution < -0.4 is 5.32 Å². The summed E-state index contributed by atoms with van der Waals surface area (Å²) >= 11 is 0. The first-order valence-electron chi connectivity index (χ1n) is 6.78. The molecule has 0 spiro atoms. The van der Waals surface area contributed by atoms with E-state index in [9.17, 15) is 9.59 Å². The second-order valence-corrected chi connectivity index (χ2v) is 5.27. The molecule has 1 amide bonds. The first kappa shape index (κ1) is 13.3. The van der Waals surface area contributed by atoms with Gasteiger partial charge in [-0.3, -0.25) is 9.59 Å². The van der Waals surface area contributed by atoms with Gasteiger partial charge in [-0.1, -0.05) is 19.3 Å². The largest absolute Gasteiger partial charge is 0.480 e. The van der Waals surface area contributed by atoms with E-state index in [0.29, 0.717) is 32.1 Å². The number of aliphatic carboxylic acids is 1. The summed E-state index contributed by atoms with van der Waals surface area (Å²) in [5, 5.41) is 11.8. The highest BCUT2D eigenvalue weighted by Gasteiger charge is 2.50. The van der Waals surface area contributed by atoms with Gasteiger partial charge in [0.25, 0.3) is 0 Å². The average molecular weight is 255 g/mol. The normalized spacial score (nSPS) is 22.4. The van der Waals surface area contributed by atoms with Crippen LogP contribution in [-0.4, -0.2) is 36.2 Å². The molecule has 5 heteroatoms. The summed E-state index contributed by atoms with van der Waals surface area (Å²) in [6, 6.07) is 0. The third-order valence-electron chi connectivity index (χ3n) is 4.09. The molecule has 2 rings (SSSR count). The molecule has 0 bridgehead atoms. The van der Waals surface area contributed by atoms with Crippen LogP contribution in [-0.2, 0) is 14.3 Å². The fourth-order valence-electron chi connectivity index (χ4n) is 2.68. The molecule has 2 aliphatic carbocycles. The molecule has 18 heavy (non-hydrogen) atoms. The summed E-state index contributed by atoms with van der Waals surface area (Å²) in [4.78, 5) is 22.9. The van der Waals surface area contributed by atoms with Crippen molar-refractivity contribution in [2.75, 3.05) is 13.2 Å². The van der Waals surface area contributed by atoms with Gasteiger partial charge in [-0.25, -0.2) is 0 Å². The van der Waals surface area contributed by atoms with Crippen molar-refractivity contribution in [2.24, 2.45) is 5.41 Å². The zero-order valence-electron chi connectivity index (χ0n) is 10.6. The van der Waals surface area contributed by atoms with Gasteiger partial charge >= 0.3 is 5.97 Å². The highest BCUT2D eigenvalue weighted by molar-refractivity contribution is 6.02. The van der Waals surface area contributed by atoms with E-state index in [1.807, 2.05) is 0 Å². The molecule has 2 saturated carbocycles. The van der Waals surface area contributed by atoms with Crippen LogP contribution in [0.4, 0.5) is 0 Å². The van der Waals surface area contributed by atoms with Crippen molar-refractivity contribution in [3.05, 3.63) is 0 Å². The minimum absolute atomic E-state index is 0.332. The van der Waals surface area contributed by atoms with Gasteiger partial charge in [0.15, 0.2) is 0 Å². The van der Waals surface area contributed by atoms with Crippen LogP contribution in [0.15, 0.2) is 0 Å². The molecule has 0 aromatic rings. The minimum atomic E-state index is -1.16. The zero-order valence-corrected chi connectivity index (χ0v) is 10.6. The molecular formula is C13H21NO4. The van der Waals surface area contributed by atoms with E-state index in [1.165, 1.54) is 12.8 Å². The molecule has 2 fully saturated rings. The molecule has 2 aliphatic rings. The maximum absolute atomic E-state index is 11.8. The van der Waals surface area contributed by atoms with Crippen molar-refractivity contribution in [3.8, 4) is 0 Å². The van der Waals surface area contributed by atoms with Crippen LogP contribution in [0.3, 0.4) is 0 Å². The first-order valence-corrected chi connectivity index (χ1v) is 6.78. The molecule has 0 aliphatic heterocycles. The standard InChI is InChI=1S/C13H21NO4/c15-11(13(12(16)17)6-3-7-13)14-8-9-18-10-4-1-2-5-10/h10H,1-9H2,(H,14,15)(H,16,17). The second-order valence-electron chi connectivity index (χ2n) is 5.27. The fraction of sp³-hybridized carbons (Fsp3) is 0.846. The monoisotopic (exact) mass is 255 g/mol. The summed E-state index contributed by atoms with van der Waals surface area (Å²) in [5.41, 5.74) is -1.16. The van der Waals surface area contributed by atoms with E-state index in [-0.39, 0.29) is 5.91 Å². The topological polar surface area (TPSA) is 75.6 Å². The van der Waals surface area contributed by atoms with Crippen LogP contribution in [0.5, 0.6) is 0 Å². The molecule has 102 valence electrons. The summed E-state index contributed by atoms with van der Waals surface area (Å²) < 4.78 is 5.62. The third-order valence-corrected chi connectivity index (χ3v) is 4.09. The molecular weight excluding hydrogens is 234 g/mol. The van der Waals surface area contributed by atoms with E-state index >= 15 is 0 Å². The van der Waals surface area contributed by atoms with Crippen molar-refractivity contribution in [2.45, 2.75) is 51.0 Å². The van der Waals surface area contributed by atoms with Gasteiger partial charge in [0.05, 0.1) is 12.7 Å². The number of carboxylic acids is 1. The maximum atomic E-state index is 11.8. The molecule has 0 saturated heterocycles. The number of nitrogens with one attached hydrogen (secondary N) is 1. The van der Waals surface area contributed by atoms with Crippen molar-refractivity contribution >= 4 is 11.9 Å². The van der Waals surface area contributed by atoms with Gasteiger partial charge in [0, 0.05) is 6.54 Å². The zero-order chi connectivity index (χ0) is 13.0. The van der Waals surface area contributed by atoms with Crippen molar-refractivity contribution in [3.63, 3.8) is 0 Å². The lowest BCUT2D eigenvalue weighted by Crippen LogP contribution is -2.51. The summed E-state index contributed by atoms with van der Waals surface area (Å²) in [6.07, 6.45) is 6.71. The van der Waals surface area contributed by atoms with Crippen molar-refractivity contribution in [1.29, 1.82) is 0 Å². The summed E-state index contributed by atoms with van der Waals surface area (Å²) in [5.74, 6) is -1.35. The van der Waals surface area contributed by atoms with Gasteiger partial charge in [0.1, 0.15) is 5.41 Å². The predicted molar refractivity (Wildman–Crippen MR) is 65.1 cm³/mol. The van der Waals surface area contributed by atoms with Crippen LogP contribution in [0.1, 0.15) is 44.9 Å². The van der Waals surface area contributed by atoms with Gasteiger partial charge in [-0.2, -0.15) is 0 Å². The lowest BCUT2D eigenvalue weighted by molar-refractivity contribution is -0.162. The van der Waals surface area contributed by atoms with E-state index in [0.717, 1.165) is 19.3 Å². The fourth-order valence-corrected chi connectivity index (χ4v) is 2.68. The second kappa shape index (κ2) is 5.69. The smallest absolute Gasteiger partial charge is 0.319 e. The summed E-state index contributed by atoms with van der Waals surface area (Å²) in [7, 11) is 0. The highest BCUT2D eigenvalue weighted by atomic mass is 16.5. The number of carbonyl (C=O) groups is 2. The van der Waals surface area contributed by atoms with Crippen molar-refractivity contribution < 1.29 is 19.4 Å². The molecule has 5 nitrogen and oxygen atoms in total. The van der Waals surface area contributed by atoms with Crippen LogP contribution in [0.25, 0.3) is 0 Å². The Morgan fingerprint density at radius 2 is 1.89 bits per heavy atom. The van der Waals surface area contributed by atoms with E-state index in [1.54, 1.807) is 0 Å². The number of amides is 1. The Hall–Kier alpha value is -1.10. The molecule has 0 aromatic heterocycles. The quantitative estimate of drug-likeness (QED) is 0.554. The Morgan fingerprint density at radius 1 is 1.22 bits per heavy atom. The average Bonchev–Trinajstić information content (AvgIpc) is 2.75. The molecule has 0 atom stereocenters. The number of carbonyl (C=O) groups excluding carboxylic acids is 1. The number of hydrogen-bond acceptors (Lipinski definition) is 3. The van der Waals surface area contributed by atoms with Gasteiger partial charge in [-0.05, 0) is 25.7 Å². The van der Waals surface area contributed by atoms with Gasteiger partial charge < -0.3 is 15.2 Å². The molecule has 0 unspecified atom stereocenters. The lowest BCUT2D eigenvalue weighted by atomic mass is 9.68. The predicted octanol–water partition coefficient (Wildman–Crippen LogP) is 1.32. The molecule has 0 radical (unpaired) electrons. The Labute approximate surface area is 107 Å². The van der Waals surface area contributed by atoms with Crippen LogP contribution >= 0.6 is 0 Å². The van der Waals surface area contributed by atoms with E-state index in [4.69, 9.17) is 9.84 Å². The Bertz CT molecular complexity index is 319. The van der Waals surface area contributed by atoms with Gasteiger partial charge in [-0.15, -0.1) is 0 Å². The van der Waals surface area contributed by atoms with Crippen LogP contribution in [0, 0.1) is 5.41 Å². The number of rotatable bonds is 6. The third kappa shape index (κ3) is 2.66. The number of carboxylic acid groups (broad SMARTS) is 1. The SMILES string of the molecule is O=C(O)C1(C(=O)NCCOC2CCCC2)CCC1. The first-order chi connectivity index (χ1) is 8.65.